The van der Waals surface area contributed by atoms with E-state index < -0.39 is 15.1 Å². The average Bonchev–Trinajstić information content (AvgIpc) is 3.08. The van der Waals surface area contributed by atoms with Crippen molar-refractivity contribution >= 4 is 21.2 Å². The lowest BCUT2D eigenvalue weighted by atomic mass is 9.96. The molecule has 5 heteroatoms. The van der Waals surface area contributed by atoms with E-state index in [1.807, 2.05) is 19.1 Å². The standard InChI is InChI=1S/C42H64N2O2S/c1-7-12-14-16-18-20-32-44(33-21-19-17-15-13-8-2)38-26-24-37(25-27-38)42(47(45,46)40-29-22-35(6)23-30-40)41-31-28-39(34-36(41)9-3)43(10-4)11-5/h22-31,34,42H,7-21,32-33H2,1-6H3. The van der Waals surface area contributed by atoms with Gasteiger partial charge in [0.05, 0.1) is 4.90 Å². The van der Waals surface area contributed by atoms with Gasteiger partial charge in [-0.1, -0.05) is 121 Å². The molecular weight excluding hydrogens is 597 g/mol. The van der Waals surface area contributed by atoms with Crippen molar-refractivity contribution in [2.24, 2.45) is 0 Å². The number of unbranched alkanes of at least 4 members (excludes halogenated alkanes) is 10. The van der Waals surface area contributed by atoms with Gasteiger partial charge < -0.3 is 9.80 Å². The lowest BCUT2D eigenvalue weighted by Crippen LogP contribution is -2.26. The molecule has 3 rings (SSSR count). The van der Waals surface area contributed by atoms with Crippen LogP contribution in [0.3, 0.4) is 0 Å². The number of hydrogen-bond donors (Lipinski definition) is 0. The molecule has 4 nitrogen and oxygen atoms in total. The molecule has 0 heterocycles. The number of rotatable bonds is 23. The smallest absolute Gasteiger partial charge is 0.189 e. The fourth-order valence-electron chi connectivity index (χ4n) is 6.73. The lowest BCUT2D eigenvalue weighted by molar-refractivity contribution is 0.575. The van der Waals surface area contributed by atoms with Gasteiger partial charge in [0, 0.05) is 37.6 Å². The molecule has 0 fully saturated rings. The van der Waals surface area contributed by atoms with E-state index in [-0.39, 0.29) is 0 Å². The molecule has 0 N–H and O–H groups in total. The summed E-state index contributed by atoms with van der Waals surface area (Å²) in [6.07, 6.45) is 16.2. The molecule has 0 saturated carbocycles. The molecule has 47 heavy (non-hydrogen) atoms. The van der Waals surface area contributed by atoms with Crippen LogP contribution in [-0.2, 0) is 16.3 Å². The van der Waals surface area contributed by atoms with E-state index in [4.69, 9.17) is 0 Å². The van der Waals surface area contributed by atoms with E-state index in [9.17, 15) is 8.42 Å². The van der Waals surface area contributed by atoms with E-state index in [0.29, 0.717) is 4.90 Å². The summed E-state index contributed by atoms with van der Waals surface area (Å²) in [7, 11) is -3.71. The highest BCUT2D eigenvalue weighted by atomic mass is 32.2. The number of hydrogen-bond acceptors (Lipinski definition) is 4. The average molecular weight is 661 g/mol. The second kappa shape index (κ2) is 20.5. The Kier molecular flexibility index (Phi) is 16.9. The van der Waals surface area contributed by atoms with Crippen molar-refractivity contribution in [3.05, 3.63) is 89.0 Å². The van der Waals surface area contributed by atoms with Crippen LogP contribution in [0.1, 0.15) is 139 Å². The van der Waals surface area contributed by atoms with Crippen molar-refractivity contribution in [3.63, 3.8) is 0 Å². The van der Waals surface area contributed by atoms with E-state index in [1.165, 1.54) is 82.7 Å². The molecular formula is C42H64N2O2S. The van der Waals surface area contributed by atoms with E-state index in [2.05, 4.69) is 86.9 Å². The lowest BCUT2D eigenvalue weighted by Gasteiger charge is -2.27. The molecule has 0 aromatic heterocycles. The number of nitrogens with zero attached hydrogens (tertiary/aromatic N) is 2. The van der Waals surface area contributed by atoms with Crippen LogP contribution in [0.2, 0.25) is 0 Å². The van der Waals surface area contributed by atoms with Gasteiger partial charge >= 0.3 is 0 Å². The van der Waals surface area contributed by atoms with Crippen LogP contribution >= 0.6 is 0 Å². The van der Waals surface area contributed by atoms with Crippen LogP contribution in [0.4, 0.5) is 11.4 Å². The summed E-state index contributed by atoms with van der Waals surface area (Å²) in [6.45, 7) is 16.9. The molecule has 1 unspecified atom stereocenters. The SMILES string of the molecule is CCCCCCCCN(CCCCCCCC)c1ccc(C(c2ccc(N(CC)CC)cc2CC)S(=O)(=O)c2ccc(C)cc2)cc1. The molecule has 0 radical (unpaired) electrons. The highest BCUT2D eigenvalue weighted by Crippen LogP contribution is 2.39. The fraction of sp³-hybridized carbons (Fsp3) is 0.571. The number of benzene rings is 3. The van der Waals surface area contributed by atoms with Crippen LogP contribution < -0.4 is 9.80 Å². The van der Waals surface area contributed by atoms with Gasteiger partial charge in [0.1, 0.15) is 5.25 Å². The summed E-state index contributed by atoms with van der Waals surface area (Å²) in [5, 5.41) is -0.773. The first kappa shape index (κ1) is 38.7. The minimum Gasteiger partial charge on any atom is -0.372 e. The quantitative estimate of drug-likeness (QED) is 0.0949. The third kappa shape index (κ3) is 11.4. The summed E-state index contributed by atoms with van der Waals surface area (Å²) in [6, 6.07) is 22.2. The molecule has 0 bridgehead atoms. The summed E-state index contributed by atoms with van der Waals surface area (Å²) >= 11 is 0. The molecule has 3 aromatic carbocycles. The van der Waals surface area contributed by atoms with Crippen molar-refractivity contribution in [1.82, 2.24) is 0 Å². The first-order chi connectivity index (χ1) is 22.8. The van der Waals surface area contributed by atoms with Gasteiger partial charge in [-0.25, -0.2) is 8.42 Å². The van der Waals surface area contributed by atoms with Gasteiger partial charge in [-0.15, -0.1) is 0 Å². The minimum atomic E-state index is -3.71. The summed E-state index contributed by atoms with van der Waals surface area (Å²) in [4.78, 5) is 5.24. The molecule has 0 saturated heterocycles. The topological polar surface area (TPSA) is 40.6 Å². The Morgan fingerprint density at radius 3 is 1.60 bits per heavy atom. The molecule has 1 atom stereocenters. The van der Waals surface area contributed by atoms with Gasteiger partial charge in [0.2, 0.25) is 0 Å². The minimum absolute atomic E-state index is 0.375. The van der Waals surface area contributed by atoms with Crippen LogP contribution in [0.15, 0.2) is 71.6 Å². The highest BCUT2D eigenvalue weighted by molar-refractivity contribution is 7.92. The van der Waals surface area contributed by atoms with Crippen LogP contribution in [0.5, 0.6) is 0 Å². The monoisotopic (exact) mass is 660 g/mol. The van der Waals surface area contributed by atoms with Crippen molar-refractivity contribution in [2.75, 3.05) is 36.0 Å². The predicted molar refractivity (Wildman–Crippen MR) is 205 cm³/mol. The number of aryl methyl sites for hydroxylation is 2. The Balaban J connectivity index is 1.97. The van der Waals surface area contributed by atoms with Crippen molar-refractivity contribution in [1.29, 1.82) is 0 Å². The Bertz CT molecular complexity index is 1380. The van der Waals surface area contributed by atoms with Crippen molar-refractivity contribution in [2.45, 2.75) is 135 Å². The highest BCUT2D eigenvalue weighted by Gasteiger charge is 2.32. The Hall–Kier alpha value is -2.79. The first-order valence-corrected chi connectivity index (χ1v) is 20.4. The van der Waals surface area contributed by atoms with Crippen molar-refractivity contribution in [3.8, 4) is 0 Å². The molecule has 260 valence electrons. The normalized spacial score (nSPS) is 12.3. The van der Waals surface area contributed by atoms with E-state index in [1.54, 1.807) is 12.1 Å². The molecule has 0 spiro atoms. The fourth-order valence-corrected chi connectivity index (χ4v) is 8.59. The third-order valence-electron chi connectivity index (χ3n) is 9.70. The largest absolute Gasteiger partial charge is 0.372 e. The first-order valence-electron chi connectivity index (χ1n) is 18.8. The Labute approximate surface area is 288 Å². The van der Waals surface area contributed by atoms with Crippen LogP contribution in [0.25, 0.3) is 0 Å². The zero-order valence-corrected chi connectivity index (χ0v) is 31.4. The molecule has 0 aliphatic rings. The number of sulfone groups is 1. The van der Waals surface area contributed by atoms with Crippen molar-refractivity contribution < 1.29 is 8.42 Å². The van der Waals surface area contributed by atoms with Crippen LogP contribution in [0, 0.1) is 6.92 Å². The maximum atomic E-state index is 14.5. The van der Waals surface area contributed by atoms with Gasteiger partial charge in [-0.2, -0.15) is 0 Å². The second-order valence-electron chi connectivity index (χ2n) is 13.3. The summed E-state index contributed by atoms with van der Waals surface area (Å²) in [5.41, 5.74) is 6.21. The summed E-state index contributed by atoms with van der Waals surface area (Å²) < 4.78 is 29.1. The molecule has 0 aliphatic carbocycles. The Morgan fingerprint density at radius 1 is 0.574 bits per heavy atom. The predicted octanol–water partition coefficient (Wildman–Crippen LogP) is 11.5. The van der Waals surface area contributed by atoms with Gasteiger partial charge in [-0.3, -0.25) is 0 Å². The van der Waals surface area contributed by atoms with Crippen LogP contribution in [-0.4, -0.2) is 34.6 Å². The maximum absolute atomic E-state index is 14.5. The third-order valence-corrected chi connectivity index (χ3v) is 11.8. The molecule has 3 aromatic rings. The molecule has 0 amide bonds. The van der Waals surface area contributed by atoms with E-state index >= 15 is 0 Å². The molecule has 0 aliphatic heterocycles. The van der Waals surface area contributed by atoms with E-state index in [0.717, 1.165) is 60.5 Å². The van der Waals surface area contributed by atoms with Gasteiger partial charge in [0.25, 0.3) is 0 Å². The zero-order chi connectivity index (χ0) is 34.1. The Morgan fingerprint density at radius 2 is 1.09 bits per heavy atom. The zero-order valence-electron chi connectivity index (χ0n) is 30.6. The van der Waals surface area contributed by atoms with Gasteiger partial charge in [0.15, 0.2) is 9.84 Å². The second-order valence-corrected chi connectivity index (χ2v) is 15.3. The van der Waals surface area contributed by atoms with Gasteiger partial charge in [-0.05, 0) is 93.1 Å². The summed E-state index contributed by atoms with van der Waals surface area (Å²) in [5.74, 6) is 0. The number of anilines is 2. The maximum Gasteiger partial charge on any atom is 0.189 e.